The molecule has 0 saturated carbocycles. The van der Waals surface area contributed by atoms with Gasteiger partial charge in [-0.2, -0.15) is 0 Å². The number of amides is 1. The van der Waals surface area contributed by atoms with Crippen molar-refractivity contribution in [3.05, 3.63) is 36.0 Å². The largest absolute Gasteiger partial charge is 0.497 e. The molecule has 0 bridgehead atoms. The predicted octanol–water partition coefficient (Wildman–Crippen LogP) is 2.94. The van der Waals surface area contributed by atoms with Gasteiger partial charge in [-0.15, -0.1) is 0 Å². The fourth-order valence-electron chi connectivity index (χ4n) is 2.82. The van der Waals surface area contributed by atoms with Gasteiger partial charge in [0.2, 0.25) is 5.91 Å². The summed E-state index contributed by atoms with van der Waals surface area (Å²) >= 11 is 0. The average molecular weight is 270 g/mol. The molecule has 1 aliphatic rings. The quantitative estimate of drug-likeness (QED) is 0.912. The molecule has 2 heterocycles. The highest BCUT2D eigenvalue weighted by Gasteiger charge is 2.26. The number of benzene rings is 1. The molecule has 1 aromatic heterocycles. The van der Waals surface area contributed by atoms with E-state index in [-0.39, 0.29) is 5.91 Å². The van der Waals surface area contributed by atoms with E-state index < -0.39 is 0 Å². The van der Waals surface area contributed by atoms with Crippen LogP contribution in [-0.4, -0.2) is 29.4 Å². The number of hydrogen-bond donors (Lipinski definition) is 1. The third-order valence-corrected chi connectivity index (χ3v) is 3.92. The summed E-state index contributed by atoms with van der Waals surface area (Å²) in [5.74, 6) is 0.967. The van der Waals surface area contributed by atoms with E-state index in [1.165, 1.54) is 5.56 Å². The van der Waals surface area contributed by atoms with Gasteiger partial charge in [-0.1, -0.05) is 13.5 Å². The molecule has 0 atom stereocenters. The number of rotatable bonds is 2. The van der Waals surface area contributed by atoms with Gasteiger partial charge in [-0.3, -0.25) is 4.79 Å². The van der Waals surface area contributed by atoms with Crippen molar-refractivity contribution in [2.24, 2.45) is 0 Å². The normalized spacial score (nSPS) is 14.5. The molecule has 0 saturated heterocycles. The standard InChI is InChI=1S/C16H18N2O2/c1-4-15(19)18-8-7-12-13-9-11(20-3)5-6-14(13)17-16(12)10(18)2/h5-6,9,17H,2,4,7-8H2,1,3H3. The fraction of sp³-hybridized carbons (Fsp3) is 0.312. The summed E-state index contributed by atoms with van der Waals surface area (Å²) in [6.45, 7) is 6.66. The second-order valence-corrected chi connectivity index (χ2v) is 4.99. The Morgan fingerprint density at radius 1 is 1.50 bits per heavy atom. The van der Waals surface area contributed by atoms with E-state index in [0.717, 1.165) is 34.5 Å². The summed E-state index contributed by atoms with van der Waals surface area (Å²) < 4.78 is 5.29. The molecule has 0 fully saturated rings. The number of fused-ring (bicyclic) bond motifs is 3. The number of ether oxygens (including phenoxy) is 1. The van der Waals surface area contributed by atoms with E-state index in [4.69, 9.17) is 4.74 Å². The number of carbonyl (C=O) groups is 1. The molecule has 1 amide bonds. The molecule has 1 N–H and O–H groups in total. The lowest BCUT2D eigenvalue weighted by molar-refractivity contribution is -0.127. The van der Waals surface area contributed by atoms with Crippen molar-refractivity contribution in [2.45, 2.75) is 19.8 Å². The lowest BCUT2D eigenvalue weighted by Crippen LogP contribution is -2.33. The molecule has 3 rings (SSSR count). The van der Waals surface area contributed by atoms with E-state index >= 15 is 0 Å². The van der Waals surface area contributed by atoms with E-state index in [0.29, 0.717) is 13.0 Å². The van der Waals surface area contributed by atoms with Crippen LogP contribution in [0.25, 0.3) is 16.6 Å². The number of nitrogens with one attached hydrogen (secondary N) is 1. The Morgan fingerprint density at radius 3 is 3.00 bits per heavy atom. The van der Waals surface area contributed by atoms with Crippen LogP contribution in [0.5, 0.6) is 5.75 Å². The van der Waals surface area contributed by atoms with Gasteiger partial charge < -0.3 is 14.6 Å². The van der Waals surface area contributed by atoms with Gasteiger partial charge in [0.1, 0.15) is 5.75 Å². The van der Waals surface area contributed by atoms with Crippen molar-refractivity contribution in [1.29, 1.82) is 0 Å². The first-order chi connectivity index (χ1) is 9.65. The second kappa shape index (κ2) is 4.71. The van der Waals surface area contributed by atoms with Crippen LogP contribution in [0.4, 0.5) is 0 Å². The fourth-order valence-corrected chi connectivity index (χ4v) is 2.82. The van der Waals surface area contributed by atoms with Gasteiger partial charge >= 0.3 is 0 Å². The summed E-state index contributed by atoms with van der Waals surface area (Å²) in [5.41, 5.74) is 4.03. The Labute approximate surface area is 118 Å². The Balaban J connectivity index is 2.10. The highest BCUT2D eigenvalue weighted by Crippen LogP contribution is 2.34. The summed E-state index contributed by atoms with van der Waals surface area (Å²) in [4.78, 5) is 17.1. The summed E-state index contributed by atoms with van der Waals surface area (Å²) in [6, 6.07) is 5.98. The summed E-state index contributed by atoms with van der Waals surface area (Å²) in [5, 5.41) is 1.16. The maximum absolute atomic E-state index is 11.9. The van der Waals surface area contributed by atoms with E-state index in [1.54, 1.807) is 12.0 Å². The highest BCUT2D eigenvalue weighted by molar-refractivity contribution is 5.94. The minimum Gasteiger partial charge on any atom is -0.497 e. The first-order valence-electron chi connectivity index (χ1n) is 6.84. The topological polar surface area (TPSA) is 45.3 Å². The number of hydrogen-bond acceptors (Lipinski definition) is 2. The molecule has 1 aliphatic heterocycles. The molecule has 0 unspecified atom stereocenters. The van der Waals surface area contributed by atoms with Gasteiger partial charge in [0.25, 0.3) is 0 Å². The third-order valence-electron chi connectivity index (χ3n) is 3.92. The molecule has 0 spiro atoms. The molecular formula is C16H18N2O2. The van der Waals surface area contributed by atoms with Crippen molar-refractivity contribution in [1.82, 2.24) is 9.88 Å². The zero-order chi connectivity index (χ0) is 14.3. The second-order valence-electron chi connectivity index (χ2n) is 4.99. The van der Waals surface area contributed by atoms with Gasteiger partial charge in [0.05, 0.1) is 18.5 Å². The summed E-state index contributed by atoms with van der Waals surface area (Å²) in [7, 11) is 1.67. The van der Waals surface area contributed by atoms with E-state index in [9.17, 15) is 4.79 Å². The first-order valence-corrected chi connectivity index (χ1v) is 6.84. The maximum atomic E-state index is 11.9. The predicted molar refractivity (Wildman–Crippen MR) is 79.6 cm³/mol. The van der Waals surface area contributed by atoms with E-state index in [2.05, 4.69) is 11.6 Å². The summed E-state index contributed by atoms with van der Waals surface area (Å²) in [6.07, 6.45) is 1.34. The Hall–Kier alpha value is -2.23. The van der Waals surface area contributed by atoms with Gasteiger partial charge in [0, 0.05) is 23.9 Å². The van der Waals surface area contributed by atoms with Gasteiger partial charge in [-0.05, 0) is 30.2 Å². The highest BCUT2D eigenvalue weighted by atomic mass is 16.5. The third kappa shape index (κ3) is 1.80. The number of nitrogens with zero attached hydrogens (tertiary/aromatic N) is 1. The van der Waals surface area contributed by atoms with Crippen molar-refractivity contribution in [3.8, 4) is 5.75 Å². The molecule has 104 valence electrons. The zero-order valence-electron chi connectivity index (χ0n) is 11.8. The van der Waals surface area contributed by atoms with Gasteiger partial charge in [-0.25, -0.2) is 0 Å². The van der Waals surface area contributed by atoms with Crippen LogP contribution < -0.4 is 4.74 Å². The van der Waals surface area contributed by atoms with Crippen molar-refractivity contribution >= 4 is 22.5 Å². The Bertz CT molecular complexity index is 700. The molecule has 4 nitrogen and oxygen atoms in total. The van der Waals surface area contributed by atoms with Crippen molar-refractivity contribution in [3.63, 3.8) is 0 Å². The number of carbonyl (C=O) groups excluding carboxylic acids is 1. The van der Waals surface area contributed by atoms with Crippen LogP contribution in [0, 0.1) is 0 Å². The van der Waals surface area contributed by atoms with Crippen LogP contribution in [0.3, 0.4) is 0 Å². The smallest absolute Gasteiger partial charge is 0.226 e. The van der Waals surface area contributed by atoms with E-state index in [1.807, 2.05) is 25.1 Å². The molecule has 4 heteroatoms. The average Bonchev–Trinajstić information content (AvgIpc) is 2.85. The molecule has 1 aromatic carbocycles. The minimum absolute atomic E-state index is 0.122. The number of methoxy groups -OCH3 is 1. The number of H-pyrrole nitrogens is 1. The van der Waals surface area contributed by atoms with Crippen molar-refractivity contribution in [2.75, 3.05) is 13.7 Å². The van der Waals surface area contributed by atoms with Crippen LogP contribution in [0.15, 0.2) is 24.8 Å². The zero-order valence-corrected chi connectivity index (χ0v) is 11.8. The first kappa shape index (κ1) is 12.8. The SMILES string of the molecule is C=C1c2[nH]c3ccc(OC)cc3c2CCN1C(=O)CC. The number of aromatic amines is 1. The lowest BCUT2D eigenvalue weighted by Gasteiger charge is -2.28. The monoisotopic (exact) mass is 270 g/mol. The maximum Gasteiger partial charge on any atom is 0.226 e. The molecule has 2 aromatic rings. The van der Waals surface area contributed by atoms with Gasteiger partial charge in [0.15, 0.2) is 0 Å². The van der Waals surface area contributed by atoms with Crippen LogP contribution in [0.1, 0.15) is 24.6 Å². The van der Waals surface area contributed by atoms with Crippen LogP contribution in [-0.2, 0) is 11.2 Å². The van der Waals surface area contributed by atoms with Crippen LogP contribution >= 0.6 is 0 Å². The Kier molecular flexibility index (Phi) is 3.01. The Morgan fingerprint density at radius 2 is 2.30 bits per heavy atom. The molecule has 0 radical (unpaired) electrons. The number of aromatic nitrogens is 1. The lowest BCUT2D eigenvalue weighted by atomic mass is 10.0. The van der Waals surface area contributed by atoms with Crippen molar-refractivity contribution < 1.29 is 9.53 Å². The molecule has 0 aliphatic carbocycles. The minimum atomic E-state index is 0.122. The van der Waals surface area contributed by atoms with Crippen LogP contribution in [0.2, 0.25) is 0 Å². The molecule has 20 heavy (non-hydrogen) atoms. The molecular weight excluding hydrogens is 252 g/mol.